The van der Waals surface area contributed by atoms with Gasteiger partial charge in [-0.3, -0.25) is 14.4 Å². The molecule has 4 aromatic rings. The highest BCUT2D eigenvalue weighted by atomic mass is 35.5. The molecule has 0 saturated carbocycles. The molecule has 0 saturated heterocycles. The van der Waals surface area contributed by atoms with Crippen LogP contribution < -0.4 is 10.6 Å². The number of hydrogen-bond donors (Lipinski definition) is 2. The fourth-order valence-electron chi connectivity index (χ4n) is 4.57. The number of nitrogens with zero attached hydrogens (tertiary/aromatic N) is 3. The summed E-state index contributed by atoms with van der Waals surface area (Å²) < 4.78 is 1.38. The van der Waals surface area contributed by atoms with Crippen LogP contribution in [0, 0.1) is 13.8 Å². The summed E-state index contributed by atoms with van der Waals surface area (Å²) in [5, 5.41) is 10.5. The van der Waals surface area contributed by atoms with Gasteiger partial charge in [-0.1, -0.05) is 35.9 Å². The van der Waals surface area contributed by atoms with E-state index in [4.69, 9.17) is 11.6 Å². The molecule has 1 unspecified atom stereocenters. The summed E-state index contributed by atoms with van der Waals surface area (Å²) in [5.41, 5.74) is 5.57. The topological polar surface area (TPSA) is 105 Å². The first-order valence-corrected chi connectivity index (χ1v) is 11.5. The van der Waals surface area contributed by atoms with E-state index in [2.05, 4.69) is 20.7 Å². The number of halogens is 1. The van der Waals surface area contributed by atoms with Gasteiger partial charge in [0.25, 0.3) is 11.8 Å². The average Bonchev–Trinajstić information content (AvgIpc) is 3.45. The zero-order valence-electron chi connectivity index (χ0n) is 19.1. The first-order valence-electron chi connectivity index (χ1n) is 11.2. The van der Waals surface area contributed by atoms with Crippen LogP contribution in [0.3, 0.4) is 0 Å². The Labute approximate surface area is 206 Å². The van der Waals surface area contributed by atoms with Gasteiger partial charge in [0, 0.05) is 11.3 Å². The number of benzene rings is 2. The number of nitrogens with one attached hydrogen (secondary N) is 2. The minimum absolute atomic E-state index is 0.182. The van der Waals surface area contributed by atoms with Crippen molar-refractivity contribution >= 4 is 41.0 Å². The third-order valence-electron chi connectivity index (χ3n) is 6.37. The lowest BCUT2D eigenvalue weighted by molar-refractivity contribution is 0.0927. The predicted molar refractivity (Wildman–Crippen MR) is 132 cm³/mol. The largest absolute Gasteiger partial charge is 0.344 e. The second-order valence-electron chi connectivity index (χ2n) is 8.54. The number of aldehydes is 1. The van der Waals surface area contributed by atoms with Crippen molar-refractivity contribution in [3.05, 3.63) is 92.9 Å². The van der Waals surface area contributed by atoms with Gasteiger partial charge in [-0.15, -0.1) is 0 Å². The van der Waals surface area contributed by atoms with E-state index < -0.39 is 5.91 Å². The van der Waals surface area contributed by atoms with Gasteiger partial charge in [0.15, 0.2) is 5.65 Å². The summed E-state index contributed by atoms with van der Waals surface area (Å²) in [7, 11) is 0. The van der Waals surface area contributed by atoms with Gasteiger partial charge >= 0.3 is 0 Å². The van der Waals surface area contributed by atoms with Crippen molar-refractivity contribution in [2.24, 2.45) is 0 Å². The van der Waals surface area contributed by atoms with Crippen molar-refractivity contribution < 1.29 is 14.4 Å². The number of anilines is 1. The van der Waals surface area contributed by atoms with Crippen molar-refractivity contribution in [1.29, 1.82) is 0 Å². The number of fused-ring (bicyclic) bond motifs is 2. The van der Waals surface area contributed by atoms with Crippen LogP contribution in [0.1, 0.15) is 66.1 Å². The summed E-state index contributed by atoms with van der Waals surface area (Å²) in [6.45, 7) is 3.69. The Morgan fingerprint density at radius 2 is 1.94 bits per heavy atom. The molecule has 5 rings (SSSR count). The van der Waals surface area contributed by atoms with Crippen LogP contribution in [0.25, 0.3) is 5.65 Å². The average molecular weight is 488 g/mol. The Hall–Kier alpha value is -4.04. The number of para-hydroxylation sites is 1. The summed E-state index contributed by atoms with van der Waals surface area (Å²) in [5.74, 6) is -0.750. The second-order valence-corrected chi connectivity index (χ2v) is 8.95. The van der Waals surface area contributed by atoms with Gasteiger partial charge < -0.3 is 10.6 Å². The molecule has 8 nitrogen and oxygen atoms in total. The molecule has 2 amide bonds. The van der Waals surface area contributed by atoms with Crippen molar-refractivity contribution in [3.8, 4) is 0 Å². The molecule has 1 aliphatic carbocycles. The molecule has 35 heavy (non-hydrogen) atoms. The van der Waals surface area contributed by atoms with Crippen LogP contribution in [0.2, 0.25) is 5.02 Å². The standard InChI is InChI=1S/C26H22ClN5O3/c1-14-11-23(26(35)30-21-10-9-17-15(2)16(13-33)7-8-18(17)21)32-24(29-14)19(12-28-32)25(34)31-22-6-4-3-5-20(22)27/h3-8,11-13,21H,9-10H2,1-2H3,(H,30,35)(H,31,34). The highest BCUT2D eigenvalue weighted by Gasteiger charge is 2.28. The summed E-state index contributed by atoms with van der Waals surface area (Å²) in [4.78, 5) is 42.0. The monoisotopic (exact) mass is 487 g/mol. The van der Waals surface area contributed by atoms with Crippen LogP contribution in [-0.2, 0) is 6.42 Å². The van der Waals surface area contributed by atoms with E-state index in [1.54, 1.807) is 43.3 Å². The number of aryl methyl sites for hydroxylation is 1. The van der Waals surface area contributed by atoms with E-state index in [1.807, 2.05) is 13.0 Å². The summed E-state index contributed by atoms with van der Waals surface area (Å²) in [6, 6.07) is 12.1. The minimum atomic E-state index is -0.427. The fraction of sp³-hybridized carbons (Fsp3) is 0.192. The Morgan fingerprint density at radius 1 is 1.14 bits per heavy atom. The number of hydrogen-bond acceptors (Lipinski definition) is 5. The van der Waals surface area contributed by atoms with Crippen molar-refractivity contribution in [2.75, 3.05) is 5.32 Å². The van der Waals surface area contributed by atoms with Crippen LogP contribution in [0.5, 0.6) is 0 Å². The zero-order valence-corrected chi connectivity index (χ0v) is 19.9. The molecule has 2 aromatic heterocycles. The SMILES string of the molecule is Cc1cc(C(=O)NC2CCc3c2ccc(C=O)c3C)n2ncc(C(=O)Nc3ccccc3Cl)c2n1. The van der Waals surface area contributed by atoms with Crippen LogP contribution in [-0.4, -0.2) is 32.7 Å². The molecule has 9 heteroatoms. The van der Waals surface area contributed by atoms with E-state index in [0.717, 1.165) is 35.8 Å². The highest BCUT2D eigenvalue weighted by molar-refractivity contribution is 6.34. The molecule has 2 N–H and O–H groups in total. The lowest BCUT2D eigenvalue weighted by Gasteiger charge is -2.16. The molecular weight excluding hydrogens is 466 g/mol. The zero-order chi connectivity index (χ0) is 24.7. The molecular formula is C26H22ClN5O3. The van der Waals surface area contributed by atoms with Gasteiger partial charge in [-0.05, 0) is 61.6 Å². The molecule has 2 heterocycles. The van der Waals surface area contributed by atoms with Gasteiger partial charge in [0.1, 0.15) is 17.5 Å². The third kappa shape index (κ3) is 4.06. The molecule has 176 valence electrons. The highest BCUT2D eigenvalue weighted by Crippen LogP contribution is 2.34. The Kier molecular flexibility index (Phi) is 5.82. The smallest absolute Gasteiger partial charge is 0.270 e. The fourth-order valence-corrected chi connectivity index (χ4v) is 4.75. The van der Waals surface area contributed by atoms with Gasteiger partial charge in [0.05, 0.1) is 22.9 Å². The van der Waals surface area contributed by atoms with E-state index >= 15 is 0 Å². The van der Waals surface area contributed by atoms with Gasteiger partial charge in [-0.25, -0.2) is 9.50 Å². The number of carbonyl (C=O) groups excluding carboxylic acids is 3. The Morgan fingerprint density at radius 3 is 2.71 bits per heavy atom. The minimum Gasteiger partial charge on any atom is -0.344 e. The lowest BCUT2D eigenvalue weighted by Crippen LogP contribution is -2.29. The molecule has 1 atom stereocenters. The molecule has 0 bridgehead atoms. The maximum absolute atomic E-state index is 13.3. The molecule has 2 aromatic carbocycles. The van der Waals surface area contributed by atoms with Crippen LogP contribution in [0.4, 0.5) is 5.69 Å². The van der Waals surface area contributed by atoms with Crippen molar-refractivity contribution in [1.82, 2.24) is 19.9 Å². The number of carbonyl (C=O) groups is 3. The molecule has 1 aliphatic rings. The van der Waals surface area contributed by atoms with Crippen LogP contribution >= 0.6 is 11.6 Å². The second kappa shape index (κ2) is 8.96. The van der Waals surface area contributed by atoms with Crippen molar-refractivity contribution in [2.45, 2.75) is 32.7 Å². The molecule has 0 aliphatic heterocycles. The number of amides is 2. The first kappa shape index (κ1) is 22.7. The Bertz CT molecular complexity index is 1510. The molecule has 0 spiro atoms. The number of aromatic nitrogens is 3. The molecule has 0 fully saturated rings. The normalized spacial score (nSPS) is 14.5. The maximum Gasteiger partial charge on any atom is 0.270 e. The summed E-state index contributed by atoms with van der Waals surface area (Å²) >= 11 is 6.16. The van der Waals surface area contributed by atoms with Crippen LogP contribution in [0.15, 0.2) is 48.7 Å². The van der Waals surface area contributed by atoms with Crippen molar-refractivity contribution in [3.63, 3.8) is 0 Å². The Balaban J connectivity index is 1.44. The van der Waals surface area contributed by atoms with E-state index in [-0.39, 0.29) is 28.9 Å². The predicted octanol–water partition coefficient (Wildman–Crippen LogP) is 4.48. The number of rotatable bonds is 5. The van der Waals surface area contributed by atoms with E-state index in [9.17, 15) is 14.4 Å². The maximum atomic E-state index is 13.3. The van der Waals surface area contributed by atoms with Gasteiger partial charge in [-0.2, -0.15) is 5.10 Å². The molecule has 0 radical (unpaired) electrons. The third-order valence-corrected chi connectivity index (χ3v) is 6.70. The lowest BCUT2D eigenvalue weighted by atomic mass is 9.98. The summed E-state index contributed by atoms with van der Waals surface area (Å²) in [6.07, 6.45) is 3.77. The quantitative estimate of drug-likeness (QED) is 0.404. The van der Waals surface area contributed by atoms with E-state index in [0.29, 0.717) is 22.0 Å². The first-order chi connectivity index (χ1) is 16.9. The van der Waals surface area contributed by atoms with E-state index in [1.165, 1.54) is 10.7 Å². The van der Waals surface area contributed by atoms with Gasteiger partial charge in [0.2, 0.25) is 0 Å².